The Morgan fingerprint density at radius 1 is 1.24 bits per heavy atom. The Morgan fingerprint density at radius 3 is 2.80 bits per heavy atom. The number of hydrogen-bond donors (Lipinski definition) is 2. The van der Waals surface area contributed by atoms with Gasteiger partial charge in [-0.15, -0.1) is 0 Å². The van der Waals surface area contributed by atoms with Crippen LogP contribution < -0.4 is 0 Å². The molecular weight excluding hydrogens is 324 g/mol. The average molecular weight is 350 g/mol. The van der Waals surface area contributed by atoms with Crippen LogP contribution in [0.2, 0.25) is 0 Å². The number of fused-ring (bicyclic) bond motifs is 1. The van der Waals surface area contributed by atoms with Gasteiger partial charge in [0.05, 0.1) is 0 Å². The summed E-state index contributed by atoms with van der Waals surface area (Å²) < 4.78 is 5.36. The van der Waals surface area contributed by atoms with Gasteiger partial charge in [0, 0.05) is 38.7 Å². The van der Waals surface area contributed by atoms with E-state index in [1.807, 2.05) is 4.90 Å². The molecule has 138 valence electrons. The summed E-state index contributed by atoms with van der Waals surface area (Å²) in [7, 11) is 0. The maximum Gasteiger partial charge on any atom is 0.289 e. The van der Waals surface area contributed by atoms with Crippen molar-refractivity contribution in [3.05, 3.63) is 23.7 Å². The van der Waals surface area contributed by atoms with Gasteiger partial charge < -0.3 is 24.4 Å². The molecule has 2 N–H and O–H groups in total. The lowest BCUT2D eigenvalue weighted by Gasteiger charge is -2.47. The maximum atomic E-state index is 12.6. The highest BCUT2D eigenvalue weighted by molar-refractivity contribution is 5.91. The Morgan fingerprint density at radius 2 is 2.08 bits per heavy atom. The summed E-state index contributed by atoms with van der Waals surface area (Å²) in [6.07, 6.45) is 3.62. The number of amides is 2. The first kappa shape index (κ1) is 17.9. The number of rotatable bonds is 6. The first-order chi connectivity index (χ1) is 12.1. The second-order valence-corrected chi connectivity index (χ2v) is 6.85. The Labute approximate surface area is 147 Å². The van der Waals surface area contributed by atoms with Crippen molar-refractivity contribution >= 4 is 11.8 Å². The number of likely N-dealkylation sites (tertiary alicyclic amines) is 2. The van der Waals surface area contributed by atoms with E-state index in [1.165, 1.54) is 0 Å². The molecule has 0 saturated carbocycles. The molecule has 2 unspecified atom stereocenters. The van der Waals surface area contributed by atoms with E-state index < -0.39 is 0 Å². The predicted molar refractivity (Wildman–Crippen MR) is 89.7 cm³/mol. The zero-order chi connectivity index (χ0) is 17.8. The van der Waals surface area contributed by atoms with Crippen LogP contribution >= 0.6 is 0 Å². The second-order valence-electron chi connectivity index (χ2n) is 6.85. The van der Waals surface area contributed by atoms with Gasteiger partial charge in [-0.1, -0.05) is 0 Å². The van der Waals surface area contributed by atoms with E-state index in [0.717, 1.165) is 19.3 Å². The molecule has 1 aromatic rings. The summed E-state index contributed by atoms with van der Waals surface area (Å²) in [5.41, 5.74) is 0. The molecule has 2 aliphatic rings. The smallest absolute Gasteiger partial charge is 0.289 e. The van der Waals surface area contributed by atoms with Crippen LogP contribution in [0.5, 0.6) is 0 Å². The molecule has 0 aliphatic carbocycles. The van der Waals surface area contributed by atoms with Crippen molar-refractivity contribution in [1.82, 2.24) is 9.80 Å². The predicted octanol–water partition coefficient (Wildman–Crippen LogP) is 0.998. The monoisotopic (exact) mass is 350 g/mol. The molecule has 2 fully saturated rings. The van der Waals surface area contributed by atoms with Crippen LogP contribution in [-0.2, 0) is 11.4 Å². The molecule has 1 aromatic heterocycles. The van der Waals surface area contributed by atoms with Crippen molar-refractivity contribution < 1.29 is 24.2 Å². The van der Waals surface area contributed by atoms with E-state index in [1.54, 1.807) is 17.0 Å². The number of furan rings is 1. The molecule has 2 aliphatic heterocycles. The number of aliphatic hydroxyl groups excluding tert-OH is 2. The maximum absolute atomic E-state index is 12.6. The van der Waals surface area contributed by atoms with Crippen molar-refractivity contribution in [3.63, 3.8) is 0 Å². The zero-order valence-electron chi connectivity index (χ0n) is 14.4. The minimum atomic E-state index is -0.219. The van der Waals surface area contributed by atoms with Gasteiger partial charge in [0.2, 0.25) is 5.91 Å². The van der Waals surface area contributed by atoms with Crippen molar-refractivity contribution in [2.45, 2.75) is 44.8 Å². The summed E-state index contributed by atoms with van der Waals surface area (Å²) >= 11 is 0. The number of hydrogen-bond acceptors (Lipinski definition) is 5. The standard InChI is InChI=1S/C18H26N2O5/c21-10-2-1-8-20-15-7-9-19(11-13(15)3-6-17(20)23)18(24)16-5-4-14(12-22)25-16/h4-5,13,15,21-22H,1-3,6-12H2. The normalized spacial score (nSPS) is 23.7. The minimum absolute atomic E-state index is 0.150. The number of nitrogens with zero attached hydrogens (tertiary/aromatic N) is 2. The first-order valence-electron chi connectivity index (χ1n) is 9.03. The Balaban J connectivity index is 1.63. The number of carbonyl (C=O) groups is 2. The molecule has 2 saturated heterocycles. The largest absolute Gasteiger partial charge is 0.453 e. The lowest BCUT2D eigenvalue weighted by molar-refractivity contribution is -0.140. The van der Waals surface area contributed by atoms with Crippen molar-refractivity contribution in [3.8, 4) is 0 Å². The summed E-state index contributed by atoms with van der Waals surface area (Å²) in [6, 6.07) is 3.40. The highest BCUT2D eigenvalue weighted by atomic mass is 16.4. The molecule has 3 heterocycles. The molecule has 0 radical (unpaired) electrons. The molecule has 0 bridgehead atoms. The highest BCUT2D eigenvalue weighted by Gasteiger charge is 2.40. The van der Waals surface area contributed by atoms with E-state index in [0.29, 0.717) is 38.2 Å². The van der Waals surface area contributed by atoms with Crippen molar-refractivity contribution in [2.75, 3.05) is 26.2 Å². The van der Waals surface area contributed by atoms with Crippen LogP contribution in [0.3, 0.4) is 0 Å². The van der Waals surface area contributed by atoms with Crippen LogP contribution in [-0.4, -0.2) is 64.1 Å². The lowest BCUT2D eigenvalue weighted by Crippen LogP contribution is -2.57. The van der Waals surface area contributed by atoms with Gasteiger partial charge in [-0.25, -0.2) is 0 Å². The summed E-state index contributed by atoms with van der Waals surface area (Å²) in [5.74, 6) is 0.974. The van der Waals surface area contributed by atoms with Crippen LogP contribution in [0.15, 0.2) is 16.5 Å². The van der Waals surface area contributed by atoms with Gasteiger partial charge in [-0.3, -0.25) is 9.59 Å². The SMILES string of the molecule is O=C(c1ccc(CO)o1)N1CCC2C(CCC(=O)N2CCCCO)C1. The van der Waals surface area contributed by atoms with Gasteiger partial charge in [0.15, 0.2) is 5.76 Å². The molecular formula is C18H26N2O5. The molecule has 0 aromatic carbocycles. The molecule has 3 rings (SSSR count). The highest BCUT2D eigenvalue weighted by Crippen LogP contribution is 2.32. The van der Waals surface area contributed by atoms with Crippen LogP contribution in [0, 0.1) is 5.92 Å². The zero-order valence-corrected chi connectivity index (χ0v) is 14.4. The molecule has 2 amide bonds. The minimum Gasteiger partial charge on any atom is -0.453 e. The fourth-order valence-electron chi connectivity index (χ4n) is 3.95. The fourth-order valence-corrected chi connectivity index (χ4v) is 3.95. The quantitative estimate of drug-likeness (QED) is 0.747. The number of piperidine rings is 2. The first-order valence-corrected chi connectivity index (χ1v) is 9.03. The van der Waals surface area contributed by atoms with Gasteiger partial charge in [-0.05, 0) is 43.7 Å². The topological polar surface area (TPSA) is 94.2 Å². The third kappa shape index (κ3) is 3.88. The van der Waals surface area contributed by atoms with Crippen molar-refractivity contribution in [2.24, 2.45) is 5.92 Å². The summed E-state index contributed by atoms with van der Waals surface area (Å²) in [4.78, 5) is 28.6. The molecule has 7 heteroatoms. The second kappa shape index (κ2) is 8.01. The van der Waals surface area contributed by atoms with E-state index in [-0.39, 0.29) is 42.7 Å². The Kier molecular flexibility index (Phi) is 5.75. The molecule has 0 spiro atoms. The van der Waals surface area contributed by atoms with E-state index >= 15 is 0 Å². The third-order valence-corrected chi connectivity index (χ3v) is 5.27. The van der Waals surface area contributed by atoms with Crippen LogP contribution in [0.1, 0.15) is 48.4 Å². The Bertz CT molecular complexity index is 614. The van der Waals surface area contributed by atoms with E-state index in [9.17, 15) is 9.59 Å². The fraction of sp³-hybridized carbons (Fsp3) is 0.667. The van der Waals surface area contributed by atoms with Crippen molar-refractivity contribution in [1.29, 1.82) is 0 Å². The molecule has 7 nitrogen and oxygen atoms in total. The average Bonchev–Trinajstić information content (AvgIpc) is 3.12. The molecule has 2 atom stereocenters. The van der Waals surface area contributed by atoms with Gasteiger partial charge in [-0.2, -0.15) is 0 Å². The lowest BCUT2D eigenvalue weighted by atomic mass is 9.83. The van der Waals surface area contributed by atoms with Crippen LogP contribution in [0.25, 0.3) is 0 Å². The van der Waals surface area contributed by atoms with E-state index in [4.69, 9.17) is 14.6 Å². The number of aliphatic hydroxyl groups is 2. The third-order valence-electron chi connectivity index (χ3n) is 5.27. The van der Waals surface area contributed by atoms with Gasteiger partial charge >= 0.3 is 0 Å². The van der Waals surface area contributed by atoms with Crippen LogP contribution in [0.4, 0.5) is 0 Å². The Hall–Kier alpha value is -1.86. The summed E-state index contributed by atoms with van der Waals surface area (Å²) in [5, 5.41) is 18.0. The van der Waals surface area contributed by atoms with E-state index in [2.05, 4.69) is 0 Å². The summed E-state index contributed by atoms with van der Waals surface area (Å²) in [6.45, 7) is 1.84. The number of carbonyl (C=O) groups excluding carboxylic acids is 2. The van der Waals surface area contributed by atoms with Gasteiger partial charge in [0.25, 0.3) is 5.91 Å². The van der Waals surface area contributed by atoms with Gasteiger partial charge in [0.1, 0.15) is 12.4 Å². The molecule has 25 heavy (non-hydrogen) atoms. The number of unbranched alkanes of at least 4 members (excludes halogenated alkanes) is 1.